The Hall–Kier alpha value is -2.09. The Morgan fingerprint density at radius 2 is 1.88 bits per heavy atom. The number of hydrogen-bond acceptors (Lipinski definition) is 2. The fourth-order valence-corrected chi connectivity index (χ4v) is 1.80. The van der Waals surface area contributed by atoms with Crippen molar-refractivity contribution < 1.29 is 9.53 Å². The lowest BCUT2D eigenvalue weighted by Gasteiger charge is -2.09. The minimum atomic E-state index is -0.286. The molecule has 0 saturated carbocycles. The Kier molecular flexibility index (Phi) is 3.24. The molecule has 0 unspecified atom stereocenters. The van der Waals surface area contributed by atoms with Gasteiger partial charge in [0.05, 0.1) is 0 Å². The van der Waals surface area contributed by atoms with Crippen LogP contribution in [0.4, 0.5) is 0 Å². The summed E-state index contributed by atoms with van der Waals surface area (Å²) in [5.74, 6) is -0.286. The van der Waals surface area contributed by atoms with Crippen molar-refractivity contribution in [3.63, 3.8) is 0 Å². The number of rotatable bonds is 3. The van der Waals surface area contributed by atoms with Crippen LogP contribution in [0.3, 0.4) is 0 Å². The second-order valence-corrected chi connectivity index (χ2v) is 3.91. The Labute approximate surface area is 101 Å². The molecule has 0 bridgehead atoms. The van der Waals surface area contributed by atoms with E-state index in [1.165, 1.54) is 6.92 Å². The van der Waals surface area contributed by atoms with E-state index < -0.39 is 0 Å². The zero-order valence-corrected chi connectivity index (χ0v) is 9.77. The van der Waals surface area contributed by atoms with Crippen molar-refractivity contribution in [2.24, 2.45) is 0 Å². The number of fused-ring (bicyclic) bond motifs is 1. The molecule has 0 aromatic heterocycles. The quantitative estimate of drug-likeness (QED) is 0.749. The molecule has 2 aromatic rings. The van der Waals surface area contributed by atoms with Gasteiger partial charge in [0.2, 0.25) is 0 Å². The SMILES string of the molecule is C=C(COC(C)=O)c1cccc2ccccc12. The molecule has 0 atom stereocenters. The molecule has 86 valence electrons. The van der Waals surface area contributed by atoms with Crippen LogP contribution in [0.25, 0.3) is 16.3 Å². The first-order valence-electron chi connectivity index (χ1n) is 5.48. The molecule has 0 N–H and O–H groups in total. The first-order valence-corrected chi connectivity index (χ1v) is 5.48. The molecule has 0 heterocycles. The second kappa shape index (κ2) is 4.83. The maximum atomic E-state index is 10.8. The van der Waals surface area contributed by atoms with E-state index in [1.807, 2.05) is 30.3 Å². The van der Waals surface area contributed by atoms with Crippen LogP contribution in [0.15, 0.2) is 49.0 Å². The summed E-state index contributed by atoms with van der Waals surface area (Å²) >= 11 is 0. The molecule has 2 heteroatoms. The number of benzene rings is 2. The van der Waals surface area contributed by atoms with Crippen molar-refractivity contribution >= 4 is 22.3 Å². The summed E-state index contributed by atoms with van der Waals surface area (Å²) in [7, 11) is 0. The largest absolute Gasteiger partial charge is 0.461 e. The average molecular weight is 226 g/mol. The third-order valence-corrected chi connectivity index (χ3v) is 2.62. The van der Waals surface area contributed by atoms with Crippen LogP contribution in [0.1, 0.15) is 12.5 Å². The third-order valence-electron chi connectivity index (χ3n) is 2.62. The van der Waals surface area contributed by atoms with Crippen LogP contribution in [-0.4, -0.2) is 12.6 Å². The van der Waals surface area contributed by atoms with E-state index in [2.05, 4.69) is 18.7 Å². The average Bonchev–Trinajstić information content (AvgIpc) is 2.35. The van der Waals surface area contributed by atoms with Crippen LogP contribution in [0.5, 0.6) is 0 Å². The highest BCUT2D eigenvalue weighted by Crippen LogP contribution is 2.24. The van der Waals surface area contributed by atoms with Crippen LogP contribution in [0.2, 0.25) is 0 Å². The molecule has 2 aromatic carbocycles. The summed E-state index contributed by atoms with van der Waals surface area (Å²) in [6.45, 7) is 5.61. The van der Waals surface area contributed by atoms with Gasteiger partial charge >= 0.3 is 5.97 Å². The van der Waals surface area contributed by atoms with E-state index in [0.717, 1.165) is 21.9 Å². The molecule has 0 amide bonds. The first-order chi connectivity index (χ1) is 8.18. The Morgan fingerprint density at radius 3 is 2.65 bits per heavy atom. The van der Waals surface area contributed by atoms with Crippen molar-refractivity contribution in [3.8, 4) is 0 Å². The molecule has 0 fully saturated rings. The van der Waals surface area contributed by atoms with Gasteiger partial charge in [-0.15, -0.1) is 0 Å². The van der Waals surface area contributed by atoms with Crippen molar-refractivity contribution in [1.29, 1.82) is 0 Å². The topological polar surface area (TPSA) is 26.3 Å². The summed E-state index contributed by atoms with van der Waals surface area (Å²) in [6, 6.07) is 14.1. The normalized spacial score (nSPS) is 10.2. The lowest BCUT2D eigenvalue weighted by molar-refractivity contribution is -0.139. The number of ether oxygens (including phenoxy) is 1. The van der Waals surface area contributed by atoms with E-state index in [-0.39, 0.29) is 12.6 Å². The van der Waals surface area contributed by atoms with Crippen molar-refractivity contribution in [2.45, 2.75) is 6.92 Å². The highest BCUT2D eigenvalue weighted by atomic mass is 16.5. The van der Waals surface area contributed by atoms with Gasteiger partial charge in [-0.3, -0.25) is 4.79 Å². The van der Waals surface area contributed by atoms with E-state index in [4.69, 9.17) is 4.74 Å². The summed E-state index contributed by atoms with van der Waals surface area (Å²) in [6.07, 6.45) is 0. The van der Waals surface area contributed by atoms with Gasteiger partial charge in [0.25, 0.3) is 0 Å². The maximum absolute atomic E-state index is 10.8. The third kappa shape index (κ3) is 2.53. The molecule has 2 rings (SSSR count). The minimum absolute atomic E-state index is 0.239. The summed E-state index contributed by atoms with van der Waals surface area (Å²) in [4.78, 5) is 10.8. The second-order valence-electron chi connectivity index (χ2n) is 3.91. The Morgan fingerprint density at radius 1 is 1.18 bits per heavy atom. The molecule has 17 heavy (non-hydrogen) atoms. The van der Waals surface area contributed by atoms with Crippen molar-refractivity contribution in [1.82, 2.24) is 0 Å². The molecule has 0 radical (unpaired) electrons. The standard InChI is InChI=1S/C15H14O2/c1-11(10-17-12(2)16)14-9-5-7-13-6-3-4-8-15(13)14/h3-9H,1,10H2,2H3. The number of esters is 1. The van der Waals surface area contributed by atoms with E-state index in [1.54, 1.807) is 0 Å². The lowest BCUT2D eigenvalue weighted by atomic mass is 10.00. The zero-order chi connectivity index (χ0) is 12.3. The van der Waals surface area contributed by atoms with Crippen LogP contribution < -0.4 is 0 Å². The predicted octanol–water partition coefficient (Wildman–Crippen LogP) is 3.42. The molecule has 0 aliphatic carbocycles. The fourth-order valence-electron chi connectivity index (χ4n) is 1.80. The van der Waals surface area contributed by atoms with Crippen LogP contribution in [0, 0.1) is 0 Å². The number of hydrogen-bond donors (Lipinski definition) is 0. The van der Waals surface area contributed by atoms with Gasteiger partial charge in [-0.1, -0.05) is 49.0 Å². The summed E-state index contributed by atoms with van der Waals surface area (Å²) in [5, 5.41) is 2.29. The molecule has 0 aliphatic heterocycles. The summed E-state index contributed by atoms with van der Waals surface area (Å²) in [5.41, 5.74) is 1.85. The van der Waals surface area contributed by atoms with Crippen molar-refractivity contribution in [3.05, 3.63) is 54.6 Å². The van der Waals surface area contributed by atoms with Gasteiger partial charge in [-0.25, -0.2) is 0 Å². The van der Waals surface area contributed by atoms with Gasteiger partial charge in [0.15, 0.2) is 0 Å². The molecular weight excluding hydrogens is 212 g/mol. The van der Waals surface area contributed by atoms with Gasteiger partial charge in [-0.2, -0.15) is 0 Å². The van der Waals surface area contributed by atoms with Gasteiger partial charge < -0.3 is 4.74 Å². The Balaban J connectivity index is 2.35. The van der Waals surface area contributed by atoms with E-state index in [0.29, 0.717) is 0 Å². The monoisotopic (exact) mass is 226 g/mol. The van der Waals surface area contributed by atoms with Crippen LogP contribution in [-0.2, 0) is 9.53 Å². The summed E-state index contributed by atoms with van der Waals surface area (Å²) < 4.78 is 4.97. The number of carbonyl (C=O) groups is 1. The maximum Gasteiger partial charge on any atom is 0.302 e. The Bertz CT molecular complexity index is 565. The van der Waals surface area contributed by atoms with Gasteiger partial charge in [0.1, 0.15) is 6.61 Å². The number of carbonyl (C=O) groups excluding carboxylic acids is 1. The molecule has 2 nitrogen and oxygen atoms in total. The fraction of sp³-hybridized carbons (Fsp3) is 0.133. The molecule has 0 spiro atoms. The molecule has 0 aliphatic rings. The molecule has 0 saturated heterocycles. The van der Waals surface area contributed by atoms with Crippen LogP contribution >= 0.6 is 0 Å². The highest BCUT2D eigenvalue weighted by Gasteiger charge is 2.05. The highest BCUT2D eigenvalue weighted by molar-refractivity contribution is 5.93. The molecular formula is C15H14O2. The van der Waals surface area contributed by atoms with Gasteiger partial charge in [0, 0.05) is 6.92 Å². The smallest absolute Gasteiger partial charge is 0.302 e. The zero-order valence-electron chi connectivity index (χ0n) is 9.77. The lowest BCUT2D eigenvalue weighted by Crippen LogP contribution is -2.02. The first kappa shape index (κ1) is 11.4. The van der Waals surface area contributed by atoms with E-state index in [9.17, 15) is 4.79 Å². The van der Waals surface area contributed by atoms with Gasteiger partial charge in [-0.05, 0) is 21.9 Å². The van der Waals surface area contributed by atoms with E-state index >= 15 is 0 Å². The minimum Gasteiger partial charge on any atom is -0.461 e. The predicted molar refractivity (Wildman–Crippen MR) is 69.6 cm³/mol. The van der Waals surface area contributed by atoms with Crippen molar-refractivity contribution in [2.75, 3.05) is 6.61 Å².